The van der Waals surface area contributed by atoms with E-state index >= 15 is 0 Å². The van der Waals surface area contributed by atoms with E-state index in [4.69, 9.17) is 9.47 Å². The van der Waals surface area contributed by atoms with Crippen molar-refractivity contribution >= 4 is 39.7 Å². The van der Waals surface area contributed by atoms with Gasteiger partial charge in [0.25, 0.3) is 5.91 Å². The minimum Gasteiger partial charge on any atom is -0.493 e. The number of ether oxygens (including phenoxy) is 2. The highest BCUT2D eigenvalue weighted by molar-refractivity contribution is 5.98. The van der Waals surface area contributed by atoms with Gasteiger partial charge in [-0.3, -0.25) is 14.9 Å². The van der Waals surface area contributed by atoms with Crippen LogP contribution in [0.5, 0.6) is 11.5 Å². The second-order valence-electron chi connectivity index (χ2n) is 6.99. The summed E-state index contributed by atoms with van der Waals surface area (Å²) in [5, 5.41) is 6.40. The van der Waals surface area contributed by atoms with Crippen LogP contribution < -0.4 is 20.1 Å². The normalized spacial score (nSPS) is 10.9. The van der Waals surface area contributed by atoms with Crippen LogP contribution in [-0.4, -0.2) is 47.5 Å². The van der Waals surface area contributed by atoms with Crippen LogP contribution in [0.1, 0.15) is 23.3 Å². The number of nitrogens with zero attached hydrogens (tertiary/aromatic N) is 1. The molecule has 2 aromatic carbocycles. The lowest BCUT2D eigenvalue weighted by atomic mass is 10.2. The largest absolute Gasteiger partial charge is 0.493 e. The number of hydrogen-bond donors (Lipinski definition) is 4. The first-order valence-electron chi connectivity index (χ1n) is 9.85. The van der Waals surface area contributed by atoms with Crippen molar-refractivity contribution < 1.29 is 19.1 Å². The van der Waals surface area contributed by atoms with E-state index in [2.05, 4.69) is 25.6 Å². The van der Waals surface area contributed by atoms with Crippen LogP contribution in [0.15, 0.2) is 42.5 Å². The molecule has 9 heteroatoms. The highest BCUT2D eigenvalue weighted by atomic mass is 16.5. The van der Waals surface area contributed by atoms with Crippen molar-refractivity contribution in [2.24, 2.45) is 0 Å². The number of hydrogen-bond acceptors (Lipinski definition) is 5. The van der Waals surface area contributed by atoms with Gasteiger partial charge in [0.05, 0.1) is 25.3 Å². The highest BCUT2D eigenvalue weighted by Gasteiger charge is 2.13. The molecule has 31 heavy (non-hydrogen) atoms. The van der Waals surface area contributed by atoms with Gasteiger partial charge in [-0.15, -0.1) is 0 Å². The van der Waals surface area contributed by atoms with Gasteiger partial charge in [0, 0.05) is 29.9 Å². The first-order chi connectivity index (χ1) is 15.1. The molecule has 4 N–H and O–H groups in total. The number of nitrogens with one attached hydrogen (secondary N) is 4. The summed E-state index contributed by atoms with van der Waals surface area (Å²) in [6.07, 6.45) is 0.762. The molecule has 0 atom stereocenters. The minimum atomic E-state index is -0.244. The number of aromatic amines is 2. The smallest absolute Gasteiger partial charge is 0.267 e. The number of para-hydroxylation sites is 2. The van der Waals surface area contributed by atoms with Gasteiger partial charge in [-0.05, 0) is 30.7 Å². The van der Waals surface area contributed by atoms with Gasteiger partial charge >= 0.3 is 0 Å². The molecule has 0 saturated heterocycles. The number of aromatic nitrogens is 3. The summed E-state index contributed by atoms with van der Waals surface area (Å²) in [7, 11) is 3.12. The molecule has 0 bridgehead atoms. The Bertz CT molecular complexity index is 1170. The first kappa shape index (κ1) is 20.3. The van der Waals surface area contributed by atoms with E-state index in [1.165, 1.54) is 0 Å². The van der Waals surface area contributed by atoms with E-state index in [0.29, 0.717) is 36.1 Å². The van der Waals surface area contributed by atoms with Crippen LogP contribution in [0, 0.1) is 0 Å². The quantitative estimate of drug-likeness (QED) is 0.326. The Morgan fingerprint density at radius 2 is 1.77 bits per heavy atom. The Hall–Kier alpha value is -4.01. The average Bonchev–Trinajstić information content (AvgIpc) is 3.38. The van der Waals surface area contributed by atoms with Crippen molar-refractivity contribution in [2.75, 3.05) is 26.1 Å². The lowest BCUT2D eigenvalue weighted by Gasteiger charge is -2.06. The molecule has 0 aliphatic heterocycles. The lowest BCUT2D eigenvalue weighted by Crippen LogP contribution is -2.25. The number of anilines is 1. The van der Waals surface area contributed by atoms with E-state index in [1.54, 1.807) is 26.4 Å². The summed E-state index contributed by atoms with van der Waals surface area (Å²) in [5.41, 5.74) is 2.85. The molecule has 0 fully saturated rings. The van der Waals surface area contributed by atoms with Crippen molar-refractivity contribution in [3.05, 3.63) is 48.2 Å². The lowest BCUT2D eigenvalue weighted by molar-refractivity contribution is -0.116. The Morgan fingerprint density at radius 1 is 1.00 bits per heavy atom. The molecule has 0 aliphatic rings. The van der Waals surface area contributed by atoms with Crippen LogP contribution in [0.3, 0.4) is 0 Å². The summed E-state index contributed by atoms with van der Waals surface area (Å²) >= 11 is 0. The van der Waals surface area contributed by atoms with Crippen LogP contribution in [0.4, 0.5) is 5.95 Å². The molecule has 9 nitrogen and oxygen atoms in total. The van der Waals surface area contributed by atoms with Gasteiger partial charge in [-0.1, -0.05) is 12.1 Å². The number of methoxy groups -OCH3 is 2. The van der Waals surface area contributed by atoms with Crippen LogP contribution >= 0.6 is 0 Å². The molecular formula is C22H23N5O4. The molecule has 0 spiro atoms. The third kappa shape index (κ3) is 4.45. The van der Waals surface area contributed by atoms with Gasteiger partial charge < -0.3 is 24.8 Å². The number of benzene rings is 2. The molecule has 2 amide bonds. The van der Waals surface area contributed by atoms with Gasteiger partial charge in [0.2, 0.25) is 11.9 Å². The Morgan fingerprint density at radius 3 is 2.55 bits per heavy atom. The van der Waals surface area contributed by atoms with Gasteiger partial charge in [-0.25, -0.2) is 4.98 Å². The zero-order chi connectivity index (χ0) is 21.8. The van der Waals surface area contributed by atoms with E-state index in [1.807, 2.05) is 30.3 Å². The highest BCUT2D eigenvalue weighted by Crippen LogP contribution is 2.32. The fraction of sp³-hybridized carbons (Fsp3) is 0.227. The summed E-state index contributed by atoms with van der Waals surface area (Å²) in [5.74, 6) is 1.18. The number of amides is 2. The fourth-order valence-corrected chi connectivity index (χ4v) is 3.33. The predicted octanol–water partition coefficient (Wildman–Crippen LogP) is 3.21. The third-order valence-corrected chi connectivity index (χ3v) is 4.88. The Balaban J connectivity index is 1.28. The topological polar surface area (TPSA) is 121 Å². The zero-order valence-electron chi connectivity index (χ0n) is 17.2. The van der Waals surface area contributed by atoms with Crippen molar-refractivity contribution in [2.45, 2.75) is 12.8 Å². The second-order valence-corrected chi connectivity index (χ2v) is 6.99. The summed E-state index contributed by atoms with van der Waals surface area (Å²) in [6.45, 7) is 0.369. The van der Waals surface area contributed by atoms with Crippen molar-refractivity contribution in [3.8, 4) is 11.5 Å². The van der Waals surface area contributed by atoms with Crippen LogP contribution in [-0.2, 0) is 4.79 Å². The van der Waals surface area contributed by atoms with Crippen LogP contribution in [0.25, 0.3) is 21.9 Å². The molecule has 0 saturated carbocycles. The second kappa shape index (κ2) is 8.78. The predicted molar refractivity (Wildman–Crippen MR) is 118 cm³/mol. The summed E-state index contributed by atoms with van der Waals surface area (Å²) in [4.78, 5) is 35.0. The summed E-state index contributed by atoms with van der Waals surface area (Å²) in [6, 6.07) is 12.9. The standard InChI is InChI=1S/C22H23N5O4/c1-30-18-11-13-10-17(24-16(13)12-19(18)31-2)21(29)23-9-5-8-20(28)27-22-25-14-6-3-4-7-15(14)26-22/h3-4,6-7,10-12,24H,5,8-9H2,1-2H3,(H,23,29)(H2,25,26,27,28). The maximum absolute atomic E-state index is 12.4. The fourth-order valence-electron chi connectivity index (χ4n) is 3.33. The van der Waals surface area contributed by atoms with E-state index in [9.17, 15) is 9.59 Å². The molecular weight excluding hydrogens is 398 g/mol. The number of imidazole rings is 1. The number of carbonyl (C=O) groups is 2. The number of rotatable bonds is 8. The van der Waals surface area contributed by atoms with Crippen molar-refractivity contribution in [1.29, 1.82) is 0 Å². The molecule has 2 heterocycles. The van der Waals surface area contributed by atoms with Crippen LogP contribution in [0.2, 0.25) is 0 Å². The molecule has 0 radical (unpaired) electrons. The molecule has 4 rings (SSSR count). The average molecular weight is 421 g/mol. The van der Waals surface area contributed by atoms with Crippen molar-refractivity contribution in [1.82, 2.24) is 20.3 Å². The maximum atomic E-state index is 12.4. The summed E-state index contributed by atoms with van der Waals surface area (Å²) < 4.78 is 10.6. The Kier molecular flexibility index (Phi) is 5.74. The first-order valence-corrected chi connectivity index (χ1v) is 9.85. The van der Waals surface area contributed by atoms with Gasteiger partial charge in [0.1, 0.15) is 5.69 Å². The zero-order valence-corrected chi connectivity index (χ0v) is 17.2. The van der Waals surface area contributed by atoms with Gasteiger partial charge in [0.15, 0.2) is 11.5 Å². The molecule has 4 aromatic rings. The number of carbonyl (C=O) groups excluding carboxylic acids is 2. The SMILES string of the molecule is COc1cc2cc(C(=O)NCCCC(=O)Nc3nc4ccccc4[nH]3)[nH]c2cc1OC. The number of H-pyrrole nitrogens is 2. The maximum Gasteiger partial charge on any atom is 0.267 e. The van der Waals surface area contributed by atoms with E-state index < -0.39 is 0 Å². The molecule has 0 aliphatic carbocycles. The monoisotopic (exact) mass is 421 g/mol. The minimum absolute atomic E-state index is 0.168. The molecule has 2 aromatic heterocycles. The molecule has 0 unspecified atom stereocenters. The number of fused-ring (bicyclic) bond motifs is 2. The van der Waals surface area contributed by atoms with E-state index in [0.717, 1.165) is 21.9 Å². The van der Waals surface area contributed by atoms with Gasteiger partial charge in [-0.2, -0.15) is 0 Å². The Labute approximate surface area is 178 Å². The van der Waals surface area contributed by atoms with Crippen molar-refractivity contribution in [3.63, 3.8) is 0 Å². The molecule has 160 valence electrons. The van der Waals surface area contributed by atoms with E-state index in [-0.39, 0.29) is 18.2 Å². The third-order valence-electron chi connectivity index (χ3n) is 4.88.